The Morgan fingerprint density at radius 3 is 2.17 bits per heavy atom. The van der Waals surface area contributed by atoms with E-state index in [1.165, 1.54) is 4.90 Å². The molecule has 7 nitrogen and oxygen atoms in total. The van der Waals surface area contributed by atoms with Gasteiger partial charge in [-0.3, -0.25) is 13.9 Å². The fourth-order valence-corrected chi connectivity index (χ4v) is 5.77. The molecule has 1 atom stereocenters. The molecular weight excluding hydrogens is 590 g/mol. The highest BCUT2D eigenvalue weighted by Gasteiger charge is 2.34. The van der Waals surface area contributed by atoms with Crippen LogP contribution in [0.1, 0.15) is 43.0 Å². The first kappa shape index (κ1) is 31.4. The second-order valence-corrected chi connectivity index (χ2v) is 14.0. The first-order valence-corrected chi connectivity index (χ1v) is 15.7. The molecule has 1 N–H and O–H groups in total. The summed E-state index contributed by atoms with van der Waals surface area (Å²) in [4.78, 5) is 29.5. The monoisotopic (exact) mass is 627 g/mol. The minimum Gasteiger partial charge on any atom is -0.350 e. The van der Waals surface area contributed by atoms with E-state index in [0.29, 0.717) is 5.69 Å². The molecule has 0 fully saturated rings. The number of anilines is 1. The molecule has 0 unspecified atom stereocenters. The highest BCUT2D eigenvalue weighted by atomic mass is 79.9. The fraction of sp³-hybridized carbons (Fsp3) is 0.355. The molecule has 0 saturated carbocycles. The molecule has 0 aliphatic carbocycles. The predicted octanol–water partition coefficient (Wildman–Crippen LogP) is 5.39. The summed E-state index contributed by atoms with van der Waals surface area (Å²) in [5.41, 5.74) is 3.21. The van der Waals surface area contributed by atoms with E-state index in [0.717, 1.165) is 37.3 Å². The summed E-state index contributed by atoms with van der Waals surface area (Å²) in [6.45, 7) is 9.02. The maximum Gasteiger partial charge on any atom is 0.244 e. The third kappa shape index (κ3) is 8.93. The van der Waals surface area contributed by atoms with Crippen molar-refractivity contribution in [2.45, 2.75) is 59.2 Å². The lowest BCUT2D eigenvalue weighted by Crippen LogP contribution is -2.56. The number of amides is 2. The lowest BCUT2D eigenvalue weighted by molar-refractivity contribution is -0.140. The lowest BCUT2D eigenvalue weighted by Gasteiger charge is -2.35. The van der Waals surface area contributed by atoms with E-state index in [4.69, 9.17) is 0 Å². The van der Waals surface area contributed by atoms with Crippen molar-refractivity contribution in [3.05, 3.63) is 99.5 Å². The molecule has 0 bridgehead atoms. The van der Waals surface area contributed by atoms with Gasteiger partial charge in [0, 0.05) is 23.0 Å². The standard InChI is InChI=1S/C31H38BrN3O4S/c1-22-15-16-23(2)27(17-22)35(40(6,38)39)21-29(36)34(20-25-13-10-14-26(32)18-25)28(30(37)33-31(3,4)5)19-24-11-8-7-9-12-24/h7-18,28H,19-21H2,1-6H3,(H,33,37)/t28-/m1/s1. The van der Waals surface area contributed by atoms with Gasteiger partial charge in [-0.25, -0.2) is 8.42 Å². The maximum absolute atomic E-state index is 14.2. The number of sulfonamides is 1. The molecule has 2 amide bonds. The number of carbonyl (C=O) groups is 2. The molecule has 0 radical (unpaired) electrons. The van der Waals surface area contributed by atoms with Gasteiger partial charge in [0.1, 0.15) is 12.6 Å². The number of nitrogens with one attached hydrogen (secondary N) is 1. The van der Waals surface area contributed by atoms with Crippen LogP contribution in [0.25, 0.3) is 0 Å². The molecule has 3 rings (SSSR count). The normalized spacial score (nSPS) is 12.5. The van der Waals surface area contributed by atoms with Gasteiger partial charge < -0.3 is 10.2 Å². The quantitative estimate of drug-likeness (QED) is 0.327. The van der Waals surface area contributed by atoms with Gasteiger partial charge in [-0.05, 0) is 75.1 Å². The van der Waals surface area contributed by atoms with E-state index in [1.807, 2.05) is 101 Å². The molecule has 3 aromatic rings. The SMILES string of the molecule is Cc1ccc(C)c(N(CC(=O)N(Cc2cccc(Br)c2)[C@H](Cc2ccccc2)C(=O)NC(C)(C)C)S(C)(=O)=O)c1. The van der Waals surface area contributed by atoms with Gasteiger partial charge in [-0.15, -0.1) is 0 Å². The Balaban J connectivity index is 2.10. The third-order valence-corrected chi connectivity index (χ3v) is 7.94. The smallest absolute Gasteiger partial charge is 0.244 e. The van der Waals surface area contributed by atoms with Crippen molar-refractivity contribution in [3.63, 3.8) is 0 Å². The minimum absolute atomic E-state index is 0.123. The van der Waals surface area contributed by atoms with Crippen LogP contribution < -0.4 is 9.62 Å². The number of hydrogen-bond acceptors (Lipinski definition) is 4. The number of hydrogen-bond donors (Lipinski definition) is 1. The minimum atomic E-state index is -3.82. The molecule has 214 valence electrons. The zero-order chi connectivity index (χ0) is 29.7. The van der Waals surface area contributed by atoms with Crippen LogP contribution >= 0.6 is 15.9 Å². The third-order valence-electron chi connectivity index (χ3n) is 6.32. The molecule has 0 spiro atoms. The molecule has 0 aliphatic rings. The van der Waals surface area contributed by atoms with Crippen molar-refractivity contribution < 1.29 is 18.0 Å². The molecule has 0 aliphatic heterocycles. The van der Waals surface area contributed by atoms with E-state index in [-0.39, 0.29) is 18.9 Å². The van der Waals surface area contributed by atoms with Crippen LogP contribution in [0.4, 0.5) is 5.69 Å². The van der Waals surface area contributed by atoms with Gasteiger partial charge in [0.05, 0.1) is 11.9 Å². The summed E-state index contributed by atoms with van der Waals surface area (Å²) in [5.74, 6) is -0.784. The number of halogens is 1. The number of aryl methyl sites for hydroxylation is 2. The molecule has 0 saturated heterocycles. The van der Waals surface area contributed by atoms with Crippen molar-refractivity contribution in [3.8, 4) is 0 Å². The highest BCUT2D eigenvalue weighted by Crippen LogP contribution is 2.25. The van der Waals surface area contributed by atoms with Crippen molar-refractivity contribution in [2.24, 2.45) is 0 Å². The Morgan fingerprint density at radius 2 is 1.57 bits per heavy atom. The number of benzene rings is 3. The van der Waals surface area contributed by atoms with Gasteiger partial charge in [-0.2, -0.15) is 0 Å². The summed E-state index contributed by atoms with van der Waals surface area (Å²) in [6, 6.07) is 21.6. The van der Waals surface area contributed by atoms with Gasteiger partial charge in [0.25, 0.3) is 0 Å². The van der Waals surface area contributed by atoms with E-state index in [9.17, 15) is 18.0 Å². The van der Waals surface area contributed by atoms with E-state index in [2.05, 4.69) is 21.2 Å². The van der Waals surface area contributed by atoms with Gasteiger partial charge >= 0.3 is 0 Å². The summed E-state index contributed by atoms with van der Waals surface area (Å²) >= 11 is 3.49. The van der Waals surface area contributed by atoms with E-state index < -0.39 is 34.1 Å². The first-order chi connectivity index (χ1) is 18.6. The second kappa shape index (κ2) is 13.0. The zero-order valence-electron chi connectivity index (χ0n) is 23.9. The molecule has 3 aromatic carbocycles. The molecule has 40 heavy (non-hydrogen) atoms. The molecule has 0 heterocycles. The summed E-state index contributed by atoms with van der Waals surface area (Å²) in [7, 11) is -3.82. The highest BCUT2D eigenvalue weighted by molar-refractivity contribution is 9.10. The number of nitrogens with zero attached hydrogens (tertiary/aromatic N) is 2. The Morgan fingerprint density at radius 1 is 0.925 bits per heavy atom. The predicted molar refractivity (Wildman–Crippen MR) is 165 cm³/mol. The Kier molecular flexibility index (Phi) is 10.2. The second-order valence-electron chi connectivity index (χ2n) is 11.2. The summed E-state index contributed by atoms with van der Waals surface area (Å²) in [6.07, 6.45) is 1.36. The van der Waals surface area contributed by atoms with Crippen LogP contribution in [0, 0.1) is 13.8 Å². The Hall–Kier alpha value is -3.17. The average molecular weight is 629 g/mol. The van der Waals surface area contributed by atoms with Crippen molar-refractivity contribution in [1.82, 2.24) is 10.2 Å². The summed E-state index contributed by atoms with van der Waals surface area (Å²) in [5, 5.41) is 3.03. The number of rotatable bonds is 10. The summed E-state index contributed by atoms with van der Waals surface area (Å²) < 4.78 is 28.0. The van der Waals surface area contributed by atoms with Crippen LogP contribution in [-0.4, -0.2) is 49.5 Å². The van der Waals surface area contributed by atoms with Gasteiger partial charge in [0.2, 0.25) is 21.8 Å². The van der Waals surface area contributed by atoms with Crippen LogP contribution in [0.15, 0.2) is 77.3 Å². The van der Waals surface area contributed by atoms with Crippen LogP contribution in [0.5, 0.6) is 0 Å². The van der Waals surface area contributed by atoms with Crippen LogP contribution in [-0.2, 0) is 32.6 Å². The Bertz CT molecular complexity index is 1450. The van der Waals surface area contributed by atoms with Crippen molar-refractivity contribution in [1.29, 1.82) is 0 Å². The van der Waals surface area contributed by atoms with Crippen LogP contribution in [0.3, 0.4) is 0 Å². The molecule has 0 aromatic heterocycles. The molecule has 9 heteroatoms. The van der Waals surface area contributed by atoms with Crippen molar-refractivity contribution in [2.75, 3.05) is 17.1 Å². The lowest BCUT2D eigenvalue weighted by atomic mass is 10.0. The molecular formula is C31H38BrN3O4S. The van der Waals surface area contributed by atoms with Gasteiger partial charge in [-0.1, -0.05) is 70.5 Å². The number of carbonyl (C=O) groups excluding carboxylic acids is 2. The topological polar surface area (TPSA) is 86.8 Å². The van der Waals surface area contributed by atoms with E-state index in [1.54, 1.807) is 6.07 Å². The average Bonchev–Trinajstić information content (AvgIpc) is 2.85. The Labute approximate surface area is 246 Å². The van der Waals surface area contributed by atoms with E-state index >= 15 is 0 Å². The fourth-order valence-electron chi connectivity index (χ4n) is 4.42. The van der Waals surface area contributed by atoms with Gasteiger partial charge in [0.15, 0.2) is 0 Å². The van der Waals surface area contributed by atoms with Crippen LogP contribution in [0.2, 0.25) is 0 Å². The zero-order valence-corrected chi connectivity index (χ0v) is 26.3. The van der Waals surface area contributed by atoms with Crippen molar-refractivity contribution >= 4 is 43.5 Å². The maximum atomic E-state index is 14.2. The first-order valence-electron chi connectivity index (χ1n) is 13.1. The largest absolute Gasteiger partial charge is 0.350 e.